The first-order valence-corrected chi connectivity index (χ1v) is 10.5. The molecule has 25 heavy (non-hydrogen) atoms. The van der Waals surface area contributed by atoms with Gasteiger partial charge < -0.3 is 5.32 Å². The van der Waals surface area contributed by atoms with E-state index in [-0.39, 0.29) is 10.8 Å². The molecule has 1 amide bonds. The summed E-state index contributed by atoms with van der Waals surface area (Å²) in [4.78, 5) is 12.6. The Bertz CT molecular complexity index is 878. The van der Waals surface area contributed by atoms with Gasteiger partial charge in [-0.05, 0) is 71.5 Å². The predicted octanol–water partition coefficient (Wildman–Crippen LogP) is 3.88. The molecule has 5 nitrogen and oxygen atoms in total. The zero-order chi connectivity index (χ0) is 18.6. The lowest BCUT2D eigenvalue weighted by atomic mass is 10.1. The second kappa shape index (κ2) is 8.29. The summed E-state index contributed by atoms with van der Waals surface area (Å²) >= 11 is 2.21. The van der Waals surface area contributed by atoms with Crippen molar-refractivity contribution in [1.29, 1.82) is 0 Å². The summed E-state index contributed by atoms with van der Waals surface area (Å²) in [5.74, 6) is -0.332. The maximum absolute atomic E-state index is 12.6. The average molecular weight is 472 g/mol. The Balaban J connectivity index is 2.30. The highest BCUT2D eigenvalue weighted by Gasteiger charge is 2.22. The van der Waals surface area contributed by atoms with E-state index in [0.717, 1.165) is 9.13 Å². The van der Waals surface area contributed by atoms with Gasteiger partial charge in [0.05, 0.1) is 4.90 Å². The largest absolute Gasteiger partial charge is 0.322 e. The van der Waals surface area contributed by atoms with Crippen LogP contribution in [0, 0.1) is 10.5 Å². The molecule has 0 aliphatic rings. The maximum atomic E-state index is 12.6. The molecule has 0 fully saturated rings. The number of sulfonamides is 1. The number of hydrogen-bond donors (Lipinski definition) is 1. The van der Waals surface area contributed by atoms with Gasteiger partial charge in [-0.25, -0.2) is 8.42 Å². The summed E-state index contributed by atoms with van der Waals surface area (Å²) in [5, 5.41) is 2.84. The molecule has 0 aromatic heterocycles. The average Bonchev–Trinajstić information content (AvgIpc) is 2.58. The SMILES string of the molecule is CCN(CC)S(=O)(=O)c1cccc(C(=O)Nc2ccc(I)cc2C)c1. The smallest absolute Gasteiger partial charge is 0.255 e. The number of anilines is 1. The Labute approximate surface area is 162 Å². The highest BCUT2D eigenvalue weighted by atomic mass is 127. The lowest BCUT2D eigenvalue weighted by Crippen LogP contribution is -2.30. The van der Waals surface area contributed by atoms with Gasteiger partial charge in [-0.1, -0.05) is 19.9 Å². The van der Waals surface area contributed by atoms with Crippen molar-refractivity contribution in [2.45, 2.75) is 25.7 Å². The Morgan fingerprint density at radius 1 is 1.12 bits per heavy atom. The van der Waals surface area contributed by atoms with Crippen molar-refractivity contribution in [2.24, 2.45) is 0 Å². The molecule has 0 aliphatic heterocycles. The fourth-order valence-corrected chi connectivity index (χ4v) is 4.62. The van der Waals surface area contributed by atoms with Gasteiger partial charge in [-0.3, -0.25) is 4.79 Å². The molecule has 134 valence electrons. The molecule has 0 unspecified atom stereocenters. The minimum Gasteiger partial charge on any atom is -0.322 e. The highest BCUT2D eigenvalue weighted by molar-refractivity contribution is 14.1. The second-order valence-corrected chi connectivity index (χ2v) is 8.71. The lowest BCUT2D eigenvalue weighted by molar-refractivity contribution is 0.102. The first-order valence-electron chi connectivity index (χ1n) is 7.97. The molecule has 7 heteroatoms. The van der Waals surface area contributed by atoms with Crippen LogP contribution in [0.3, 0.4) is 0 Å². The van der Waals surface area contributed by atoms with Gasteiger partial charge in [0.25, 0.3) is 5.91 Å². The van der Waals surface area contributed by atoms with Gasteiger partial charge in [0.15, 0.2) is 0 Å². The lowest BCUT2D eigenvalue weighted by Gasteiger charge is -2.18. The van der Waals surface area contributed by atoms with Crippen molar-refractivity contribution in [3.8, 4) is 0 Å². The van der Waals surface area contributed by atoms with Crippen LogP contribution >= 0.6 is 22.6 Å². The van der Waals surface area contributed by atoms with Crippen LogP contribution < -0.4 is 5.32 Å². The normalized spacial score (nSPS) is 11.6. The maximum Gasteiger partial charge on any atom is 0.255 e. The van der Waals surface area contributed by atoms with E-state index in [1.165, 1.54) is 16.4 Å². The van der Waals surface area contributed by atoms with E-state index in [1.54, 1.807) is 26.0 Å². The van der Waals surface area contributed by atoms with E-state index in [0.29, 0.717) is 24.3 Å². The molecule has 2 rings (SSSR count). The monoisotopic (exact) mass is 472 g/mol. The predicted molar refractivity (Wildman–Crippen MR) is 108 cm³/mol. The van der Waals surface area contributed by atoms with Crippen molar-refractivity contribution < 1.29 is 13.2 Å². The number of nitrogens with zero attached hydrogens (tertiary/aromatic N) is 1. The topological polar surface area (TPSA) is 66.5 Å². The van der Waals surface area contributed by atoms with Crippen LogP contribution in [0.1, 0.15) is 29.8 Å². The minimum absolute atomic E-state index is 0.128. The number of rotatable bonds is 6. The van der Waals surface area contributed by atoms with E-state index >= 15 is 0 Å². The molecule has 0 heterocycles. The number of halogens is 1. The number of benzene rings is 2. The Morgan fingerprint density at radius 2 is 1.80 bits per heavy atom. The van der Waals surface area contributed by atoms with Crippen LogP contribution in [0.25, 0.3) is 0 Å². The molecule has 0 saturated heterocycles. The fourth-order valence-electron chi connectivity index (χ4n) is 2.47. The summed E-state index contributed by atoms with van der Waals surface area (Å²) in [5.41, 5.74) is 1.97. The molecule has 0 spiro atoms. The number of amides is 1. The number of carbonyl (C=O) groups excluding carboxylic acids is 1. The molecule has 0 atom stereocenters. The van der Waals surface area contributed by atoms with Crippen LogP contribution in [0.2, 0.25) is 0 Å². The zero-order valence-corrected chi connectivity index (χ0v) is 17.4. The van der Waals surface area contributed by atoms with Gasteiger partial charge in [0.1, 0.15) is 0 Å². The summed E-state index contributed by atoms with van der Waals surface area (Å²) < 4.78 is 27.7. The summed E-state index contributed by atoms with van der Waals surface area (Å²) in [6.07, 6.45) is 0. The molecular weight excluding hydrogens is 451 g/mol. The van der Waals surface area contributed by atoms with Crippen LogP contribution in [-0.2, 0) is 10.0 Å². The third-order valence-electron chi connectivity index (χ3n) is 3.88. The van der Waals surface area contributed by atoms with Gasteiger partial charge in [-0.2, -0.15) is 4.31 Å². The van der Waals surface area contributed by atoms with E-state index in [9.17, 15) is 13.2 Å². The summed E-state index contributed by atoms with van der Waals surface area (Å²) in [7, 11) is -3.59. The Hall–Kier alpha value is -1.45. The molecule has 1 N–H and O–H groups in total. The molecular formula is C18H21IN2O3S. The molecule has 0 saturated carbocycles. The van der Waals surface area contributed by atoms with E-state index in [2.05, 4.69) is 27.9 Å². The van der Waals surface area contributed by atoms with Crippen molar-refractivity contribution in [3.05, 3.63) is 57.2 Å². The first kappa shape index (κ1) is 19.9. The van der Waals surface area contributed by atoms with E-state index in [4.69, 9.17) is 0 Å². The molecule has 0 aliphatic carbocycles. The van der Waals surface area contributed by atoms with Crippen LogP contribution in [0.15, 0.2) is 47.4 Å². The quantitative estimate of drug-likeness (QED) is 0.649. The third-order valence-corrected chi connectivity index (χ3v) is 6.59. The third kappa shape index (κ3) is 4.59. The molecule has 0 bridgehead atoms. The first-order chi connectivity index (χ1) is 11.8. The van der Waals surface area contributed by atoms with Crippen molar-refractivity contribution in [2.75, 3.05) is 18.4 Å². The number of aryl methyl sites for hydroxylation is 1. The van der Waals surface area contributed by atoms with Gasteiger partial charge >= 0.3 is 0 Å². The fraction of sp³-hybridized carbons (Fsp3) is 0.278. The minimum atomic E-state index is -3.59. The van der Waals surface area contributed by atoms with Crippen molar-refractivity contribution in [3.63, 3.8) is 0 Å². The molecule has 2 aromatic carbocycles. The Kier molecular flexibility index (Phi) is 6.59. The van der Waals surface area contributed by atoms with Gasteiger partial charge in [0.2, 0.25) is 10.0 Å². The molecule has 0 radical (unpaired) electrons. The van der Waals surface area contributed by atoms with Crippen LogP contribution in [0.4, 0.5) is 5.69 Å². The zero-order valence-electron chi connectivity index (χ0n) is 14.4. The second-order valence-electron chi connectivity index (χ2n) is 5.53. The van der Waals surface area contributed by atoms with Crippen molar-refractivity contribution in [1.82, 2.24) is 4.31 Å². The van der Waals surface area contributed by atoms with Crippen LogP contribution in [0.5, 0.6) is 0 Å². The number of carbonyl (C=O) groups is 1. The summed E-state index contributed by atoms with van der Waals surface area (Å²) in [6, 6.07) is 11.9. The van der Waals surface area contributed by atoms with Gasteiger partial charge in [0, 0.05) is 27.9 Å². The number of hydrogen-bond acceptors (Lipinski definition) is 3. The van der Waals surface area contributed by atoms with Crippen molar-refractivity contribution >= 4 is 44.2 Å². The standard InChI is InChI=1S/C18H21IN2O3S/c1-4-21(5-2)25(23,24)16-8-6-7-14(12-16)18(22)20-17-10-9-15(19)11-13(17)3/h6-12H,4-5H2,1-3H3,(H,20,22). The van der Waals surface area contributed by atoms with Gasteiger partial charge in [-0.15, -0.1) is 0 Å². The molecule has 2 aromatic rings. The van der Waals surface area contributed by atoms with E-state index in [1.807, 2.05) is 25.1 Å². The number of nitrogens with one attached hydrogen (secondary N) is 1. The Morgan fingerprint density at radius 3 is 2.40 bits per heavy atom. The summed E-state index contributed by atoms with van der Waals surface area (Å²) in [6.45, 7) is 6.27. The van der Waals surface area contributed by atoms with E-state index < -0.39 is 10.0 Å². The van der Waals surface area contributed by atoms with Crippen LogP contribution in [-0.4, -0.2) is 31.7 Å². The highest BCUT2D eigenvalue weighted by Crippen LogP contribution is 2.20.